The standard InChI is InChI=1S/C22H17ClFN7O/c1-30-14(6-7-26-30)18-20(24)19(23)17(13-8-25-29-21(13)18)12-4-5-16-27-15(10-31(16)9-12)28-22(32)11-2-3-11/h4-11H,2-3H2,1H3,(H,25,29)(H,28,32). The molecule has 0 radical (unpaired) electrons. The minimum atomic E-state index is -0.551. The lowest BCUT2D eigenvalue weighted by Gasteiger charge is -2.13. The summed E-state index contributed by atoms with van der Waals surface area (Å²) in [5, 5.41) is 14.7. The number of amides is 1. The average molecular weight is 450 g/mol. The molecular formula is C22H17ClFN7O. The van der Waals surface area contributed by atoms with Crippen LogP contribution in [0.15, 0.2) is 43.0 Å². The van der Waals surface area contributed by atoms with Crippen LogP contribution in [0.1, 0.15) is 12.8 Å². The van der Waals surface area contributed by atoms with Gasteiger partial charge in [-0.2, -0.15) is 10.2 Å². The topological polar surface area (TPSA) is 92.9 Å². The number of aryl methyl sites for hydroxylation is 1. The van der Waals surface area contributed by atoms with Crippen molar-refractivity contribution in [3.05, 3.63) is 53.8 Å². The molecule has 2 N–H and O–H groups in total. The average Bonchev–Trinajstić information content (AvgIpc) is 3.16. The molecule has 4 aromatic heterocycles. The predicted molar refractivity (Wildman–Crippen MR) is 119 cm³/mol. The van der Waals surface area contributed by atoms with E-state index in [1.807, 2.05) is 12.3 Å². The van der Waals surface area contributed by atoms with Crippen LogP contribution in [0, 0.1) is 11.7 Å². The van der Waals surface area contributed by atoms with Gasteiger partial charge >= 0.3 is 0 Å². The molecule has 0 unspecified atom stereocenters. The second kappa shape index (κ2) is 6.89. The minimum absolute atomic E-state index is 0.00294. The van der Waals surface area contributed by atoms with Gasteiger partial charge in [0, 0.05) is 41.9 Å². The molecule has 1 aliphatic carbocycles. The molecule has 1 fully saturated rings. The maximum atomic E-state index is 15.6. The number of fused-ring (bicyclic) bond motifs is 2. The van der Waals surface area contributed by atoms with Crippen LogP contribution in [-0.4, -0.2) is 35.3 Å². The molecular weight excluding hydrogens is 433 g/mol. The lowest BCUT2D eigenvalue weighted by atomic mass is 9.98. The van der Waals surface area contributed by atoms with Crippen molar-refractivity contribution in [1.82, 2.24) is 29.4 Å². The fourth-order valence-electron chi connectivity index (χ4n) is 4.03. The Bertz CT molecular complexity index is 1530. The van der Waals surface area contributed by atoms with Gasteiger partial charge in [0.15, 0.2) is 11.6 Å². The molecule has 5 aromatic rings. The highest BCUT2D eigenvalue weighted by Crippen LogP contribution is 2.42. The van der Waals surface area contributed by atoms with Crippen molar-refractivity contribution >= 4 is 39.9 Å². The van der Waals surface area contributed by atoms with Crippen LogP contribution in [0.3, 0.4) is 0 Å². The summed E-state index contributed by atoms with van der Waals surface area (Å²) in [7, 11) is 1.74. The van der Waals surface area contributed by atoms with Crippen LogP contribution in [0.5, 0.6) is 0 Å². The first kappa shape index (κ1) is 19.0. The number of H-pyrrole nitrogens is 1. The monoisotopic (exact) mass is 449 g/mol. The third-order valence-corrected chi connectivity index (χ3v) is 6.16. The van der Waals surface area contributed by atoms with Crippen molar-refractivity contribution < 1.29 is 9.18 Å². The molecule has 10 heteroatoms. The molecule has 1 aromatic carbocycles. The van der Waals surface area contributed by atoms with Gasteiger partial charge in [-0.25, -0.2) is 9.37 Å². The van der Waals surface area contributed by atoms with Crippen molar-refractivity contribution in [1.29, 1.82) is 0 Å². The van der Waals surface area contributed by atoms with Crippen LogP contribution in [-0.2, 0) is 11.8 Å². The van der Waals surface area contributed by atoms with Gasteiger partial charge in [-0.1, -0.05) is 11.6 Å². The van der Waals surface area contributed by atoms with E-state index in [1.165, 1.54) is 0 Å². The van der Waals surface area contributed by atoms with Crippen LogP contribution in [0.25, 0.3) is 38.9 Å². The number of rotatable bonds is 4. The summed E-state index contributed by atoms with van der Waals surface area (Å²) in [5.74, 6) is 0.00977. The number of nitrogens with one attached hydrogen (secondary N) is 2. The first-order valence-electron chi connectivity index (χ1n) is 10.1. The molecule has 1 saturated carbocycles. The Morgan fingerprint density at radius 3 is 2.84 bits per heavy atom. The van der Waals surface area contributed by atoms with E-state index in [9.17, 15) is 4.79 Å². The normalized spacial score (nSPS) is 13.8. The highest BCUT2D eigenvalue weighted by Gasteiger charge is 2.30. The molecule has 1 amide bonds. The number of carbonyl (C=O) groups is 1. The zero-order valence-corrected chi connectivity index (χ0v) is 17.7. The summed E-state index contributed by atoms with van der Waals surface area (Å²) >= 11 is 6.58. The SMILES string of the molecule is Cn1nccc1-c1c(F)c(Cl)c(-c2ccc3nc(NC(=O)C4CC4)cn3c2)c2cn[nH]c12. The Balaban J connectivity index is 1.49. The highest BCUT2D eigenvalue weighted by atomic mass is 35.5. The smallest absolute Gasteiger partial charge is 0.228 e. The molecule has 8 nitrogen and oxygen atoms in total. The van der Waals surface area contributed by atoms with E-state index >= 15 is 4.39 Å². The first-order chi connectivity index (χ1) is 15.5. The van der Waals surface area contributed by atoms with E-state index in [0.29, 0.717) is 44.8 Å². The van der Waals surface area contributed by atoms with Crippen LogP contribution < -0.4 is 5.32 Å². The lowest BCUT2D eigenvalue weighted by molar-refractivity contribution is -0.117. The number of nitrogens with zero attached hydrogens (tertiary/aromatic N) is 5. The summed E-state index contributed by atoms with van der Waals surface area (Å²) in [6.45, 7) is 0. The number of halogens is 2. The van der Waals surface area contributed by atoms with Crippen LogP contribution >= 0.6 is 11.6 Å². The number of pyridine rings is 1. The number of imidazole rings is 1. The van der Waals surface area contributed by atoms with Crippen molar-refractivity contribution in [3.8, 4) is 22.4 Å². The van der Waals surface area contributed by atoms with Gasteiger partial charge in [-0.15, -0.1) is 0 Å². The quantitative estimate of drug-likeness (QED) is 0.425. The Hall–Kier alpha value is -3.72. The molecule has 0 saturated heterocycles. The molecule has 6 rings (SSSR count). The number of benzene rings is 1. The Labute approximate surface area is 186 Å². The van der Waals surface area contributed by atoms with Gasteiger partial charge in [0.1, 0.15) is 5.65 Å². The van der Waals surface area contributed by atoms with Gasteiger partial charge in [-0.05, 0) is 31.0 Å². The Morgan fingerprint density at radius 1 is 1.25 bits per heavy atom. The van der Waals surface area contributed by atoms with Crippen molar-refractivity contribution in [2.45, 2.75) is 12.8 Å². The molecule has 4 heterocycles. The maximum absolute atomic E-state index is 15.6. The third kappa shape index (κ3) is 2.89. The largest absolute Gasteiger partial charge is 0.309 e. The van der Waals surface area contributed by atoms with E-state index < -0.39 is 5.82 Å². The summed E-state index contributed by atoms with van der Waals surface area (Å²) in [6.07, 6.45) is 8.62. The van der Waals surface area contributed by atoms with E-state index in [0.717, 1.165) is 12.8 Å². The van der Waals surface area contributed by atoms with Gasteiger partial charge in [0.2, 0.25) is 5.91 Å². The fourth-order valence-corrected chi connectivity index (χ4v) is 4.33. The molecule has 0 spiro atoms. The maximum Gasteiger partial charge on any atom is 0.228 e. The summed E-state index contributed by atoms with van der Waals surface area (Å²) in [5.41, 5.74) is 3.33. The summed E-state index contributed by atoms with van der Waals surface area (Å²) < 4.78 is 18.9. The number of aromatic amines is 1. The van der Waals surface area contributed by atoms with E-state index in [-0.39, 0.29) is 16.8 Å². The van der Waals surface area contributed by atoms with E-state index in [4.69, 9.17) is 11.6 Å². The zero-order chi connectivity index (χ0) is 22.0. The zero-order valence-electron chi connectivity index (χ0n) is 16.9. The molecule has 0 aliphatic heterocycles. The minimum Gasteiger partial charge on any atom is -0.309 e. The van der Waals surface area contributed by atoms with Crippen LogP contribution in [0.2, 0.25) is 5.02 Å². The van der Waals surface area contributed by atoms with Crippen LogP contribution in [0.4, 0.5) is 10.2 Å². The first-order valence-corrected chi connectivity index (χ1v) is 10.5. The highest BCUT2D eigenvalue weighted by molar-refractivity contribution is 6.36. The fraction of sp³-hybridized carbons (Fsp3) is 0.182. The Morgan fingerprint density at radius 2 is 2.09 bits per heavy atom. The number of carbonyl (C=O) groups excluding carboxylic acids is 1. The van der Waals surface area contributed by atoms with E-state index in [1.54, 1.807) is 46.9 Å². The lowest BCUT2D eigenvalue weighted by Crippen LogP contribution is -2.13. The molecule has 1 aliphatic rings. The van der Waals surface area contributed by atoms with E-state index in [2.05, 4.69) is 25.6 Å². The Kier molecular flexibility index (Phi) is 4.09. The molecule has 160 valence electrons. The second-order valence-electron chi connectivity index (χ2n) is 7.95. The second-order valence-corrected chi connectivity index (χ2v) is 8.33. The number of aromatic nitrogens is 6. The van der Waals surface area contributed by atoms with Gasteiger partial charge in [-0.3, -0.25) is 14.6 Å². The van der Waals surface area contributed by atoms with Gasteiger partial charge in [0.25, 0.3) is 0 Å². The number of hydrogen-bond donors (Lipinski definition) is 2. The number of hydrogen-bond acceptors (Lipinski definition) is 4. The summed E-state index contributed by atoms with van der Waals surface area (Å²) in [6, 6.07) is 5.35. The van der Waals surface area contributed by atoms with Gasteiger partial charge in [0.05, 0.1) is 34.2 Å². The van der Waals surface area contributed by atoms with Gasteiger partial charge < -0.3 is 9.72 Å². The molecule has 0 atom stereocenters. The summed E-state index contributed by atoms with van der Waals surface area (Å²) in [4.78, 5) is 16.5. The number of anilines is 1. The molecule has 0 bridgehead atoms. The molecule has 32 heavy (non-hydrogen) atoms. The third-order valence-electron chi connectivity index (χ3n) is 5.81. The van der Waals surface area contributed by atoms with Crippen molar-refractivity contribution in [2.75, 3.05) is 5.32 Å². The predicted octanol–water partition coefficient (Wildman–Crippen LogP) is 4.42. The van der Waals surface area contributed by atoms with Crippen molar-refractivity contribution in [3.63, 3.8) is 0 Å². The van der Waals surface area contributed by atoms with Crippen molar-refractivity contribution in [2.24, 2.45) is 13.0 Å².